The molecule has 0 unspecified atom stereocenters. The maximum Gasteiger partial charge on any atom is 0.416 e. The van der Waals surface area contributed by atoms with E-state index in [1.807, 2.05) is 48.5 Å². The molecule has 5 atom stereocenters. The number of methoxy groups -OCH3 is 2. The van der Waals surface area contributed by atoms with E-state index in [2.05, 4.69) is 5.32 Å². The Bertz CT molecular complexity index is 1280. The monoisotopic (exact) mass is 631 g/mol. The van der Waals surface area contributed by atoms with E-state index in [1.54, 1.807) is 42.0 Å². The second-order valence-electron chi connectivity index (χ2n) is 11.2. The van der Waals surface area contributed by atoms with Crippen molar-refractivity contribution < 1.29 is 42.7 Å². The fourth-order valence-electron chi connectivity index (χ4n) is 4.55. The van der Waals surface area contributed by atoms with Gasteiger partial charge in [0.1, 0.15) is 53.5 Å². The molecule has 0 spiro atoms. The Morgan fingerprint density at radius 2 is 1.48 bits per heavy atom. The summed E-state index contributed by atoms with van der Waals surface area (Å²) in [6, 6.07) is 14.6. The molecule has 2 aliphatic heterocycles. The summed E-state index contributed by atoms with van der Waals surface area (Å²) < 4.78 is 41.0. The van der Waals surface area contributed by atoms with E-state index < -0.39 is 47.6 Å². The zero-order valence-corrected chi connectivity index (χ0v) is 26.9. The van der Waals surface area contributed by atoms with Gasteiger partial charge in [-0.2, -0.15) is 0 Å². The summed E-state index contributed by atoms with van der Waals surface area (Å²) in [5.74, 6) is 1.47. The number of nitrogens with zero attached hydrogens (tertiary/aromatic N) is 2. The van der Waals surface area contributed by atoms with E-state index in [-0.39, 0.29) is 19.8 Å². The number of rotatable bonds is 10. The topological polar surface area (TPSA) is 126 Å². The molecule has 0 aliphatic carbocycles. The van der Waals surface area contributed by atoms with Crippen LogP contribution in [0.15, 0.2) is 53.5 Å². The molecule has 4 rings (SSSR count). The zero-order valence-electron chi connectivity index (χ0n) is 26.1. The predicted molar refractivity (Wildman–Crippen MR) is 165 cm³/mol. The first-order valence-corrected chi connectivity index (χ1v) is 15.1. The number of hydrogen-bond acceptors (Lipinski definition) is 11. The number of carbonyl (C=O) groups is 2. The summed E-state index contributed by atoms with van der Waals surface area (Å²) >= 11 is 1.28. The summed E-state index contributed by atoms with van der Waals surface area (Å²) in [4.78, 5) is 31.1. The number of amidine groups is 1. The van der Waals surface area contributed by atoms with Gasteiger partial charge in [0.05, 0.1) is 27.4 Å². The maximum atomic E-state index is 12.9. The van der Waals surface area contributed by atoms with E-state index in [4.69, 9.17) is 38.2 Å². The molecule has 13 heteroatoms. The first kappa shape index (κ1) is 33.4. The first-order valence-electron chi connectivity index (χ1n) is 14.2. The van der Waals surface area contributed by atoms with Crippen LogP contribution in [0.1, 0.15) is 31.9 Å². The van der Waals surface area contributed by atoms with Crippen molar-refractivity contribution in [1.29, 1.82) is 0 Å². The number of aliphatic imine (C=N–C) groups is 1. The molecule has 2 aliphatic rings. The van der Waals surface area contributed by atoms with Crippen LogP contribution in [0, 0.1) is 0 Å². The number of thioether (sulfide) groups is 1. The number of ether oxygens (including phenoxy) is 7. The first-order chi connectivity index (χ1) is 21.0. The van der Waals surface area contributed by atoms with Crippen molar-refractivity contribution in [2.24, 2.45) is 4.99 Å². The van der Waals surface area contributed by atoms with Crippen LogP contribution < -0.4 is 14.8 Å². The molecule has 0 bridgehead atoms. The van der Waals surface area contributed by atoms with E-state index in [1.165, 1.54) is 23.7 Å². The lowest BCUT2D eigenvalue weighted by atomic mass is 9.97. The van der Waals surface area contributed by atoms with Gasteiger partial charge in [-0.25, -0.2) is 9.59 Å². The minimum absolute atomic E-state index is 0.0869. The summed E-state index contributed by atoms with van der Waals surface area (Å²) in [6.07, 6.45) is -3.13. The number of nitrogens with one attached hydrogen (secondary N) is 1. The van der Waals surface area contributed by atoms with Gasteiger partial charge < -0.3 is 38.5 Å². The van der Waals surface area contributed by atoms with E-state index in [0.29, 0.717) is 5.17 Å². The Labute approximate surface area is 262 Å². The van der Waals surface area contributed by atoms with Gasteiger partial charge in [-0.1, -0.05) is 36.0 Å². The molecule has 2 amide bonds. The van der Waals surface area contributed by atoms with Crippen LogP contribution in [0.2, 0.25) is 0 Å². The molecular formula is C31H41N3O9S. The highest BCUT2D eigenvalue weighted by molar-refractivity contribution is 8.14. The summed E-state index contributed by atoms with van der Waals surface area (Å²) in [5, 5.41) is 2.88. The number of carbonyl (C=O) groups excluding carboxylic acids is 2. The summed E-state index contributed by atoms with van der Waals surface area (Å²) in [6.45, 7) is 5.80. The SMILES string of the molecule is CNC(=O)OC[C@H]1O[C@@H]2SC(N(C)C(=O)OC(C)(C)C)=N[C@@H]2[C@@H](OCc2ccc(OC)cc2)[C@@H]1OCc1ccc(OC)cc1. The number of benzene rings is 2. The summed E-state index contributed by atoms with van der Waals surface area (Å²) in [5.41, 5.74) is 0.615. The zero-order chi connectivity index (χ0) is 31.9. The van der Waals surface area contributed by atoms with Crippen molar-refractivity contribution in [2.75, 3.05) is 34.9 Å². The van der Waals surface area contributed by atoms with Crippen molar-refractivity contribution in [3.63, 3.8) is 0 Å². The van der Waals surface area contributed by atoms with Crippen molar-refractivity contribution in [3.05, 3.63) is 59.7 Å². The van der Waals surface area contributed by atoms with Crippen LogP contribution in [0.4, 0.5) is 9.59 Å². The minimum atomic E-state index is -0.693. The Balaban J connectivity index is 1.62. The third kappa shape index (κ3) is 8.78. The molecule has 2 aromatic carbocycles. The van der Waals surface area contributed by atoms with Crippen LogP contribution in [0.5, 0.6) is 11.5 Å². The largest absolute Gasteiger partial charge is 0.497 e. The molecule has 0 aromatic heterocycles. The molecule has 1 saturated heterocycles. The fourth-order valence-corrected chi connectivity index (χ4v) is 5.72. The van der Waals surface area contributed by atoms with Crippen LogP contribution in [0.25, 0.3) is 0 Å². The van der Waals surface area contributed by atoms with Gasteiger partial charge in [0.15, 0.2) is 5.17 Å². The number of amides is 2. The Kier molecular flexibility index (Phi) is 11.4. The molecular weight excluding hydrogens is 590 g/mol. The van der Waals surface area contributed by atoms with Gasteiger partial charge in [0.25, 0.3) is 0 Å². The molecule has 1 fully saturated rings. The third-order valence-electron chi connectivity index (χ3n) is 6.84. The average molecular weight is 632 g/mol. The molecule has 44 heavy (non-hydrogen) atoms. The average Bonchev–Trinajstić information content (AvgIpc) is 3.44. The van der Waals surface area contributed by atoms with Crippen LogP contribution >= 0.6 is 11.8 Å². The highest BCUT2D eigenvalue weighted by Crippen LogP contribution is 2.40. The lowest BCUT2D eigenvalue weighted by Gasteiger charge is -2.42. The lowest BCUT2D eigenvalue weighted by molar-refractivity contribution is -0.205. The minimum Gasteiger partial charge on any atom is -0.497 e. The van der Waals surface area contributed by atoms with Gasteiger partial charge >= 0.3 is 12.2 Å². The van der Waals surface area contributed by atoms with Gasteiger partial charge in [-0.15, -0.1) is 0 Å². The van der Waals surface area contributed by atoms with Gasteiger partial charge in [-0.05, 0) is 56.2 Å². The molecule has 12 nitrogen and oxygen atoms in total. The van der Waals surface area contributed by atoms with Crippen molar-refractivity contribution >= 4 is 29.1 Å². The smallest absolute Gasteiger partial charge is 0.416 e. The molecule has 240 valence electrons. The van der Waals surface area contributed by atoms with Gasteiger partial charge in [0, 0.05) is 14.1 Å². The highest BCUT2D eigenvalue weighted by atomic mass is 32.2. The maximum absolute atomic E-state index is 12.9. The molecule has 2 aromatic rings. The lowest BCUT2D eigenvalue weighted by Crippen LogP contribution is -2.58. The normalized spacial score (nSPS) is 22.8. The Morgan fingerprint density at radius 3 is 1.98 bits per heavy atom. The number of alkyl carbamates (subject to hydrolysis) is 1. The van der Waals surface area contributed by atoms with E-state index >= 15 is 0 Å². The van der Waals surface area contributed by atoms with Crippen LogP contribution in [-0.4, -0.2) is 92.6 Å². The standard InChI is InChI=1S/C31H41N3O9S/c1-31(2,3)43-30(36)34(5)28-33-24-26(40-17-20-10-14-22(38-7)15-11-20)25(39-16-19-8-12-21(37-6)13-9-19)23(42-27(24)44-28)18-41-29(35)32-4/h8-15,23-27H,16-18H2,1-7H3,(H,32,35)/t23-,24-,25-,26-,27-/m1/s1. The third-order valence-corrected chi connectivity index (χ3v) is 8.05. The van der Waals surface area contributed by atoms with E-state index in [0.717, 1.165) is 22.6 Å². The predicted octanol–water partition coefficient (Wildman–Crippen LogP) is 4.59. The van der Waals surface area contributed by atoms with Gasteiger partial charge in [-0.3, -0.25) is 9.89 Å². The van der Waals surface area contributed by atoms with Crippen molar-refractivity contribution in [3.8, 4) is 11.5 Å². The van der Waals surface area contributed by atoms with Gasteiger partial charge in [0.2, 0.25) is 0 Å². The fraction of sp³-hybridized carbons (Fsp3) is 0.516. The van der Waals surface area contributed by atoms with Crippen molar-refractivity contribution in [2.45, 2.75) is 69.4 Å². The molecule has 2 heterocycles. The Morgan fingerprint density at radius 1 is 0.932 bits per heavy atom. The second kappa shape index (κ2) is 15.0. The quantitative estimate of drug-likeness (QED) is 0.398. The number of fused-ring (bicyclic) bond motifs is 1. The summed E-state index contributed by atoms with van der Waals surface area (Å²) in [7, 11) is 6.31. The molecule has 0 radical (unpaired) electrons. The number of hydrogen-bond donors (Lipinski definition) is 1. The van der Waals surface area contributed by atoms with E-state index in [9.17, 15) is 9.59 Å². The molecule has 0 saturated carbocycles. The second-order valence-corrected chi connectivity index (χ2v) is 12.3. The van der Waals surface area contributed by atoms with Crippen LogP contribution in [0.3, 0.4) is 0 Å². The highest BCUT2D eigenvalue weighted by Gasteiger charge is 2.52. The van der Waals surface area contributed by atoms with Crippen molar-refractivity contribution in [1.82, 2.24) is 10.2 Å². The van der Waals surface area contributed by atoms with Crippen LogP contribution in [-0.2, 0) is 36.9 Å². The Hall–Kier alpha value is -3.52. The molecule has 1 N–H and O–H groups in total.